The van der Waals surface area contributed by atoms with Gasteiger partial charge in [0.15, 0.2) is 0 Å². The molecule has 1 aliphatic rings. The van der Waals surface area contributed by atoms with E-state index < -0.39 is 12.0 Å². The summed E-state index contributed by atoms with van der Waals surface area (Å²) in [5.74, 6) is -0.638. The van der Waals surface area contributed by atoms with E-state index in [9.17, 15) is 9.59 Å². The third-order valence-electron chi connectivity index (χ3n) is 3.33. The highest BCUT2D eigenvalue weighted by Gasteiger charge is 2.26. The van der Waals surface area contributed by atoms with Gasteiger partial charge in [0.1, 0.15) is 0 Å². The van der Waals surface area contributed by atoms with Crippen LogP contribution >= 0.6 is 0 Å². The molecule has 1 heterocycles. The molecule has 1 atom stereocenters. The molecule has 3 N–H and O–H groups in total. The Labute approximate surface area is 108 Å². The van der Waals surface area contributed by atoms with Crippen LogP contribution < -0.4 is 5.73 Å². The summed E-state index contributed by atoms with van der Waals surface area (Å²) in [5, 5.41) is 8.61. The first-order valence-corrected chi connectivity index (χ1v) is 6.40. The average Bonchev–Trinajstić information content (AvgIpc) is 2.35. The van der Waals surface area contributed by atoms with Crippen LogP contribution in [0, 0.1) is 5.92 Å². The average molecular weight is 257 g/mol. The number of carboxylic acid groups (broad SMARTS) is 1. The number of nitrogens with two attached hydrogens (primary N) is 1. The van der Waals surface area contributed by atoms with Crippen LogP contribution in [0.1, 0.15) is 20.3 Å². The Morgan fingerprint density at radius 2 is 1.78 bits per heavy atom. The van der Waals surface area contributed by atoms with E-state index in [1.165, 1.54) is 0 Å². The molecule has 0 aliphatic carbocycles. The van der Waals surface area contributed by atoms with Crippen LogP contribution in [0.15, 0.2) is 0 Å². The first-order valence-electron chi connectivity index (χ1n) is 6.40. The van der Waals surface area contributed by atoms with E-state index in [1.807, 2.05) is 13.8 Å². The van der Waals surface area contributed by atoms with Crippen LogP contribution in [0.4, 0.5) is 0 Å². The summed E-state index contributed by atoms with van der Waals surface area (Å²) in [7, 11) is 0. The molecule has 6 heteroatoms. The highest BCUT2D eigenvalue weighted by atomic mass is 16.4. The Kier molecular flexibility index (Phi) is 5.55. The highest BCUT2D eigenvalue weighted by molar-refractivity contribution is 5.82. The number of amides is 1. The minimum absolute atomic E-state index is 0.00267. The predicted octanol–water partition coefficient (Wildman–Crippen LogP) is -0.411. The van der Waals surface area contributed by atoms with Crippen molar-refractivity contribution in [3.63, 3.8) is 0 Å². The summed E-state index contributed by atoms with van der Waals surface area (Å²) >= 11 is 0. The molecule has 104 valence electrons. The molecule has 1 saturated heterocycles. The number of rotatable bonds is 5. The molecular weight excluding hydrogens is 234 g/mol. The van der Waals surface area contributed by atoms with E-state index in [-0.39, 0.29) is 18.2 Å². The quantitative estimate of drug-likeness (QED) is 0.699. The normalized spacial score (nSPS) is 19.0. The van der Waals surface area contributed by atoms with Gasteiger partial charge in [0.25, 0.3) is 0 Å². The summed E-state index contributed by atoms with van der Waals surface area (Å²) in [5.41, 5.74) is 5.84. The van der Waals surface area contributed by atoms with Crippen molar-refractivity contribution in [2.45, 2.75) is 26.3 Å². The van der Waals surface area contributed by atoms with Gasteiger partial charge in [-0.1, -0.05) is 13.8 Å². The first-order chi connectivity index (χ1) is 8.41. The van der Waals surface area contributed by atoms with E-state index >= 15 is 0 Å². The van der Waals surface area contributed by atoms with Gasteiger partial charge in [-0.2, -0.15) is 0 Å². The largest absolute Gasteiger partial charge is 0.481 e. The molecule has 0 radical (unpaired) electrons. The number of carboxylic acids is 1. The smallest absolute Gasteiger partial charge is 0.304 e. The summed E-state index contributed by atoms with van der Waals surface area (Å²) in [4.78, 5) is 26.3. The van der Waals surface area contributed by atoms with Crippen LogP contribution in [0.2, 0.25) is 0 Å². The Hall–Kier alpha value is -1.14. The van der Waals surface area contributed by atoms with Crippen LogP contribution in [-0.4, -0.2) is 65.5 Å². The number of aliphatic carboxylic acids is 1. The SMILES string of the molecule is CC(C)[C@H](N)C(=O)N1CCN(CCC(=O)O)CC1. The van der Waals surface area contributed by atoms with Gasteiger partial charge in [-0.15, -0.1) is 0 Å². The second-order valence-electron chi connectivity index (χ2n) is 5.08. The zero-order valence-corrected chi connectivity index (χ0v) is 11.1. The maximum absolute atomic E-state index is 12.0. The fourth-order valence-corrected chi connectivity index (χ4v) is 1.94. The van der Waals surface area contributed by atoms with Crippen molar-refractivity contribution in [2.75, 3.05) is 32.7 Å². The molecule has 1 rings (SSSR count). The first kappa shape index (κ1) is 14.9. The standard InChI is InChI=1S/C12H23N3O3/c1-9(2)11(13)12(18)15-7-5-14(6-8-15)4-3-10(16)17/h9,11H,3-8,13H2,1-2H3,(H,16,17)/t11-/m0/s1. The van der Waals surface area contributed by atoms with Crippen LogP contribution in [-0.2, 0) is 9.59 Å². The molecular formula is C12H23N3O3. The van der Waals surface area contributed by atoms with Gasteiger partial charge >= 0.3 is 5.97 Å². The van der Waals surface area contributed by atoms with Crippen molar-refractivity contribution in [3.8, 4) is 0 Å². The van der Waals surface area contributed by atoms with Crippen molar-refractivity contribution in [2.24, 2.45) is 11.7 Å². The summed E-state index contributed by atoms with van der Waals surface area (Å²) < 4.78 is 0. The lowest BCUT2D eigenvalue weighted by Gasteiger charge is -2.36. The molecule has 1 aliphatic heterocycles. The number of nitrogens with zero attached hydrogens (tertiary/aromatic N) is 2. The Balaban J connectivity index is 2.35. The molecule has 0 bridgehead atoms. The topological polar surface area (TPSA) is 86.9 Å². The van der Waals surface area contributed by atoms with Gasteiger partial charge < -0.3 is 15.7 Å². The molecule has 0 aromatic carbocycles. The fourth-order valence-electron chi connectivity index (χ4n) is 1.94. The molecule has 0 aromatic heterocycles. The van der Waals surface area contributed by atoms with Crippen LogP contribution in [0.5, 0.6) is 0 Å². The lowest BCUT2D eigenvalue weighted by atomic mass is 10.0. The van der Waals surface area contributed by atoms with Crippen molar-refractivity contribution in [3.05, 3.63) is 0 Å². The Morgan fingerprint density at radius 3 is 2.22 bits per heavy atom. The fraction of sp³-hybridized carbons (Fsp3) is 0.833. The maximum atomic E-state index is 12.0. The number of hydrogen-bond acceptors (Lipinski definition) is 4. The van der Waals surface area contributed by atoms with Gasteiger partial charge in [-0.05, 0) is 5.92 Å². The molecule has 0 aromatic rings. The van der Waals surface area contributed by atoms with Gasteiger partial charge in [-0.3, -0.25) is 14.5 Å². The van der Waals surface area contributed by atoms with Gasteiger partial charge in [0, 0.05) is 32.7 Å². The van der Waals surface area contributed by atoms with Crippen molar-refractivity contribution >= 4 is 11.9 Å². The molecule has 0 saturated carbocycles. The summed E-state index contributed by atoms with van der Waals surface area (Å²) in [6.45, 7) is 7.15. The summed E-state index contributed by atoms with van der Waals surface area (Å²) in [6, 6.07) is -0.435. The Morgan fingerprint density at radius 1 is 1.22 bits per heavy atom. The van der Waals surface area contributed by atoms with Crippen molar-refractivity contribution < 1.29 is 14.7 Å². The zero-order chi connectivity index (χ0) is 13.7. The molecule has 0 spiro atoms. The highest BCUT2D eigenvalue weighted by Crippen LogP contribution is 2.08. The minimum atomic E-state index is -0.782. The van der Waals surface area contributed by atoms with Gasteiger partial charge in [0.2, 0.25) is 5.91 Å². The second-order valence-corrected chi connectivity index (χ2v) is 5.08. The molecule has 1 fully saturated rings. The van der Waals surface area contributed by atoms with E-state index in [2.05, 4.69) is 4.90 Å². The van der Waals surface area contributed by atoms with E-state index in [4.69, 9.17) is 10.8 Å². The zero-order valence-electron chi connectivity index (χ0n) is 11.1. The molecule has 0 unspecified atom stereocenters. The van der Waals surface area contributed by atoms with Gasteiger partial charge in [0.05, 0.1) is 12.5 Å². The van der Waals surface area contributed by atoms with Crippen molar-refractivity contribution in [1.82, 2.24) is 9.80 Å². The molecule has 1 amide bonds. The number of hydrogen-bond donors (Lipinski definition) is 2. The predicted molar refractivity (Wildman–Crippen MR) is 68.1 cm³/mol. The third-order valence-corrected chi connectivity index (χ3v) is 3.33. The van der Waals surface area contributed by atoms with E-state index in [0.29, 0.717) is 19.6 Å². The summed E-state index contributed by atoms with van der Waals surface area (Å²) in [6.07, 6.45) is 0.152. The number of piperazine rings is 1. The molecule has 6 nitrogen and oxygen atoms in total. The second kappa shape index (κ2) is 6.70. The van der Waals surface area contributed by atoms with Crippen LogP contribution in [0.3, 0.4) is 0 Å². The van der Waals surface area contributed by atoms with E-state index in [0.717, 1.165) is 13.1 Å². The number of carbonyl (C=O) groups is 2. The monoisotopic (exact) mass is 257 g/mol. The van der Waals surface area contributed by atoms with Crippen molar-refractivity contribution in [1.29, 1.82) is 0 Å². The Bertz CT molecular complexity index is 299. The maximum Gasteiger partial charge on any atom is 0.304 e. The third kappa shape index (κ3) is 4.27. The van der Waals surface area contributed by atoms with Gasteiger partial charge in [-0.25, -0.2) is 0 Å². The van der Waals surface area contributed by atoms with E-state index in [1.54, 1.807) is 4.90 Å². The number of carbonyl (C=O) groups excluding carboxylic acids is 1. The molecule has 18 heavy (non-hydrogen) atoms. The van der Waals surface area contributed by atoms with Crippen LogP contribution in [0.25, 0.3) is 0 Å². The lowest BCUT2D eigenvalue weighted by Crippen LogP contribution is -2.54. The minimum Gasteiger partial charge on any atom is -0.481 e. The lowest BCUT2D eigenvalue weighted by molar-refractivity contribution is -0.139.